The second-order valence-electron chi connectivity index (χ2n) is 5.69. The summed E-state index contributed by atoms with van der Waals surface area (Å²) in [4.78, 5) is 28.7. The van der Waals surface area contributed by atoms with Gasteiger partial charge in [-0.15, -0.1) is 0 Å². The highest BCUT2D eigenvalue weighted by Crippen LogP contribution is 2.43. The van der Waals surface area contributed by atoms with Crippen LogP contribution in [0.15, 0.2) is 54.7 Å². The van der Waals surface area contributed by atoms with Gasteiger partial charge < -0.3 is 15.2 Å². The molecule has 0 spiro atoms. The zero-order chi connectivity index (χ0) is 16.8. The SMILES string of the molecule is O=C1c2c(O)cccc2C(C(=O)c2ccc[nH]2)c2cccc(O)c21. The summed E-state index contributed by atoms with van der Waals surface area (Å²) in [5.74, 6) is -1.88. The normalized spacial score (nSPS) is 13.4. The number of aromatic nitrogens is 1. The maximum atomic E-state index is 13.0. The summed E-state index contributed by atoms with van der Waals surface area (Å²) in [5.41, 5.74) is 1.42. The average molecular weight is 319 g/mol. The molecule has 0 saturated heterocycles. The number of aromatic amines is 1. The third kappa shape index (κ3) is 1.88. The Bertz CT molecular complexity index is 918. The number of phenols is 2. The van der Waals surface area contributed by atoms with Crippen molar-refractivity contribution in [3.8, 4) is 11.5 Å². The van der Waals surface area contributed by atoms with E-state index in [1.54, 1.807) is 42.6 Å². The van der Waals surface area contributed by atoms with Crippen LogP contribution >= 0.6 is 0 Å². The van der Waals surface area contributed by atoms with Gasteiger partial charge in [-0.2, -0.15) is 0 Å². The maximum absolute atomic E-state index is 13.0. The fourth-order valence-electron chi connectivity index (χ4n) is 3.31. The summed E-state index contributed by atoms with van der Waals surface area (Å²) in [6.07, 6.45) is 1.65. The van der Waals surface area contributed by atoms with Gasteiger partial charge in [0, 0.05) is 6.20 Å². The van der Waals surface area contributed by atoms with Crippen molar-refractivity contribution in [3.63, 3.8) is 0 Å². The Morgan fingerprint density at radius 3 is 1.96 bits per heavy atom. The molecule has 2 aromatic carbocycles. The van der Waals surface area contributed by atoms with Crippen molar-refractivity contribution < 1.29 is 19.8 Å². The molecule has 0 unspecified atom stereocenters. The molecule has 5 nitrogen and oxygen atoms in total. The van der Waals surface area contributed by atoms with Crippen molar-refractivity contribution in [2.45, 2.75) is 5.92 Å². The number of Topliss-reactive ketones (excluding diaryl/α,β-unsaturated/α-hetero) is 1. The first-order valence-electron chi connectivity index (χ1n) is 7.45. The van der Waals surface area contributed by atoms with Gasteiger partial charge in [0.15, 0.2) is 5.78 Å². The second-order valence-corrected chi connectivity index (χ2v) is 5.69. The Labute approximate surface area is 137 Å². The molecule has 5 heteroatoms. The number of phenolic OH excluding ortho intramolecular Hbond substituents is 2. The molecule has 3 aromatic rings. The molecule has 0 aliphatic heterocycles. The number of hydrogen-bond donors (Lipinski definition) is 3. The first-order chi connectivity index (χ1) is 11.6. The first-order valence-corrected chi connectivity index (χ1v) is 7.45. The average Bonchev–Trinajstić information content (AvgIpc) is 3.09. The van der Waals surface area contributed by atoms with E-state index in [0.717, 1.165) is 0 Å². The fraction of sp³-hybridized carbons (Fsp3) is 0.0526. The number of fused-ring (bicyclic) bond motifs is 2. The summed E-state index contributed by atoms with van der Waals surface area (Å²) in [7, 11) is 0. The topological polar surface area (TPSA) is 90.4 Å². The van der Waals surface area contributed by atoms with Gasteiger partial charge in [-0.05, 0) is 35.4 Å². The van der Waals surface area contributed by atoms with Gasteiger partial charge in [0.2, 0.25) is 5.78 Å². The van der Waals surface area contributed by atoms with Crippen LogP contribution in [0.25, 0.3) is 0 Å². The van der Waals surface area contributed by atoms with Crippen molar-refractivity contribution in [3.05, 3.63) is 82.7 Å². The van der Waals surface area contributed by atoms with Crippen LogP contribution in [0.1, 0.15) is 43.5 Å². The Morgan fingerprint density at radius 1 is 0.875 bits per heavy atom. The van der Waals surface area contributed by atoms with Crippen molar-refractivity contribution in [1.82, 2.24) is 4.98 Å². The standard InChI is InChI=1S/C19H13NO4/c21-13-7-1-4-10-15(18(23)12-6-3-9-20-12)11-5-2-8-14(22)17(11)19(24)16(10)13/h1-9,15,20-22H. The van der Waals surface area contributed by atoms with Crippen LogP contribution in [-0.4, -0.2) is 26.8 Å². The van der Waals surface area contributed by atoms with Crippen LogP contribution in [0.2, 0.25) is 0 Å². The predicted octanol–water partition coefficient (Wildman–Crippen LogP) is 2.99. The second kappa shape index (κ2) is 5.09. The largest absolute Gasteiger partial charge is 0.507 e. The molecule has 1 aliphatic rings. The lowest BCUT2D eigenvalue weighted by Crippen LogP contribution is -2.25. The van der Waals surface area contributed by atoms with Gasteiger partial charge in [0.25, 0.3) is 0 Å². The van der Waals surface area contributed by atoms with Gasteiger partial charge >= 0.3 is 0 Å². The number of aromatic hydroxyl groups is 2. The Morgan fingerprint density at radius 2 is 1.46 bits per heavy atom. The molecule has 1 heterocycles. The van der Waals surface area contributed by atoms with Crippen LogP contribution < -0.4 is 0 Å². The third-order valence-corrected chi connectivity index (χ3v) is 4.35. The quantitative estimate of drug-likeness (QED) is 0.633. The van der Waals surface area contributed by atoms with E-state index in [0.29, 0.717) is 16.8 Å². The van der Waals surface area contributed by atoms with Crippen LogP contribution in [0, 0.1) is 0 Å². The van der Waals surface area contributed by atoms with E-state index < -0.39 is 11.7 Å². The number of carbonyl (C=O) groups is 2. The summed E-state index contributed by atoms with van der Waals surface area (Å²) in [5, 5.41) is 20.3. The van der Waals surface area contributed by atoms with E-state index in [-0.39, 0.29) is 28.4 Å². The Kier molecular flexibility index (Phi) is 3.03. The van der Waals surface area contributed by atoms with Crippen LogP contribution in [0.5, 0.6) is 11.5 Å². The number of benzene rings is 2. The highest BCUT2D eigenvalue weighted by Gasteiger charge is 2.38. The fourth-order valence-corrected chi connectivity index (χ4v) is 3.31. The third-order valence-electron chi connectivity index (χ3n) is 4.35. The van der Waals surface area contributed by atoms with Crippen LogP contribution in [0.3, 0.4) is 0 Å². The highest BCUT2D eigenvalue weighted by molar-refractivity contribution is 6.19. The molecule has 0 atom stereocenters. The number of carbonyl (C=O) groups excluding carboxylic acids is 2. The predicted molar refractivity (Wildman–Crippen MR) is 86.6 cm³/mol. The van der Waals surface area contributed by atoms with Crippen molar-refractivity contribution >= 4 is 11.6 Å². The zero-order valence-corrected chi connectivity index (χ0v) is 12.5. The smallest absolute Gasteiger partial charge is 0.201 e. The minimum Gasteiger partial charge on any atom is -0.507 e. The van der Waals surface area contributed by atoms with Gasteiger partial charge in [-0.25, -0.2) is 0 Å². The number of H-pyrrole nitrogens is 1. The summed E-state index contributed by atoms with van der Waals surface area (Å²) in [6.45, 7) is 0. The van der Waals surface area contributed by atoms with Crippen LogP contribution in [0.4, 0.5) is 0 Å². The molecule has 0 radical (unpaired) electrons. The number of nitrogens with one attached hydrogen (secondary N) is 1. The summed E-state index contributed by atoms with van der Waals surface area (Å²) >= 11 is 0. The van der Waals surface area contributed by atoms with Crippen molar-refractivity contribution in [1.29, 1.82) is 0 Å². The Balaban J connectivity index is 2.03. The summed E-state index contributed by atoms with van der Waals surface area (Å²) < 4.78 is 0. The van der Waals surface area contributed by atoms with Gasteiger partial charge in [-0.1, -0.05) is 24.3 Å². The molecule has 0 fully saturated rings. The molecule has 3 N–H and O–H groups in total. The molecule has 4 rings (SSSR count). The van der Waals surface area contributed by atoms with E-state index in [2.05, 4.69) is 4.98 Å². The van der Waals surface area contributed by atoms with Crippen molar-refractivity contribution in [2.24, 2.45) is 0 Å². The van der Waals surface area contributed by atoms with E-state index >= 15 is 0 Å². The monoisotopic (exact) mass is 319 g/mol. The molecular weight excluding hydrogens is 306 g/mol. The number of rotatable bonds is 2. The lowest BCUT2D eigenvalue weighted by molar-refractivity contribution is 0.0963. The van der Waals surface area contributed by atoms with E-state index in [4.69, 9.17) is 0 Å². The van der Waals surface area contributed by atoms with E-state index in [9.17, 15) is 19.8 Å². The van der Waals surface area contributed by atoms with E-state index in [1.807, 2.05) is 0 Å². The minimum atomic E-state index is -0.773. The molecule has 0 saturated carbocycles. The Hall–Kier alpha value is -3.34. The first kappa shape index (κ1) is 14.3. The molecule has 24 heavy (non-hydrogen) atoms. The molecule has 0 amide bonds. The zero-order valence-electron chi connectivity index (χ0n) is 12.5. The van der Waals surface area contributed by atoms with Gasteiger partial charge in [-0.3, -0.25) is 9.59 Å². The lowest BCUT2D eigenvalue weighted by Gasteiger charge is -2.27. The summed E-state index contributed by atoms with van der Waals surface area (Å²) in [6, 6.07) is 12.7. The molecule has 1 aliphatic carbocycles. The van der Waals surface area contributed by atoms with Gasteiger partial charge in [0.1, 0.15) is 11.5 Å². The molecule has 118 valence electrons. The number of ketones is 2. The number of hydrogen-bond acceptors (Lipinski definition) is 4. The molecule has 0 bridgehead atoms. The minimum absolute atomic E-state index is 0.0661. The lowest BCUT2D eigenvalue weighted by atomic mass is 9.74. The molecular formula is C19H13NO4. The highest BCUT2D eigenvalue weighted by atomic mass is 16.3. The van der Waals surface area contributed by atoms with E-state index in [1.165, 1.54) is 12.1 Å². The van der Waals surface area contributed by atoms with Crippen molar-refractivity contribution in [2.75, 3.05) is 0 Å². The molecule has 1 aromatic heterocycles. The maximum Gasteiger partial charge on any atom is 0.201 e. The van der Waals surface area contributed by atoms with Crippen LogP contribution in [-0.2, 0) is 0 Å². The van der Waals surface area contributed by atoms with Gasteiger partial charge in [0.05, 0.1) is 22.7 Å².